The van der Waals surface area contributed by atoms with E-state index in [1.165, 1.54) is 16.7 Å². The zero-order valence-electron chi connectivity index (χ0n) is 17.9. The molecular formula is C23H33IN4O2. The number of halogens is 1. The molecule has 0 radical (unpaired) electrons. The molecule has 3 rings (SSSR count). The van der Waals surface area contributed by atoms with E-state index in [1.807, 2.05) is 12.1 Å². The number of benzene rings is 2. The average molecular weight is 524 g/mol. The first kappa shape index (κ1) is 24.4. The summed E-state index contributed by atoms with van der Waals surface area (Å²) in [6.45, 7) is 8.65. The lowest BCUT2D eigenvalue weighted by atomic mass is 10.1. The van der Waals surface area contributed by atoms with Gasteiger partial charge < -0.3 is 20.1 Å². The first-order valence-corrected chi connectivity index (χ1v) is 10.3. The number of hydrogen-bond acceptors (Lipinski definition) is 4. The van der Waals surface area contributed by atoms with E-state index < -0.39 is 0 Å². The Labute approximate surface area is 197 Å². The molecule has 30 heavy (non-hydrogen) atoms. The fourth-order valence-electron chi connectivity index (χ4n) is 3.26. The van der Waals surface area contributed by atoms with Gasteiger partial charge in [-0.3, -0.25) is 9.89 Å². The first-order chi connectivity index (χ1) is 14.2. The van der Waals surface area contributed by atoms with Crippen LogP contribution in [0, 0.1) is 6.92 Å². The summed E-state index contributed by atoms with van der Waals surface area (Å²) >= 11 is 0. The fraction of sp³-hybridized carbons (Fsp3) is 0.435. The smallest absolute Gasteiger partial charge is 0.191 e. The zero-order valence-corrected chi connectivity index (χ0v) is 20.2. The molecule has 0 bridgehead atoms. The highest BCUT2D eigenvalue weighted by atomic mass is 127. The quantitative estimate of drug-likeness (QED) is 0.241. The van der Waals surface area contributed by atoms with E-state index >= 15 is 0 Å². The second-order valence-corrected chi connectivity index (χ2v) is 7.17. The molecule has 0 saturated carbocycles. The first-order valence-electron chi connectivity index (χ1n) is 10.3. The SMILES string of the molecule is CN=C(NCCOc1ccc(C)cc1)NCc1ccccc1CN1CCOCC1.I. The lowest BCUT2D eigenvalue weighted by Crippen LogP contribution is -2.39. The molecule has 2 N–H and O–H groups in total. The minimum atomic E-state index is 0. The van der Waals surface area contributed by atoms with E-state index in [9.17, 15) is 0 Å². The molecular weight excluding hydrogens is 491 g/mol. The lowest BCUT2D eigenvalue weighted by Gasteiger charge is -2.27. The van der Waals surface area contributed by atoms with Crippen LogP contribution in [0.5, 0.6) is 5.75 Å². The predicted molar refractivity (Wildman–Crippen MR) is 133 cm³/mol. The second-order valence-electron chi connectivity index (χ2n) is 7.17. The van der Waals surface area contributed by atoms with Crippen LogP contribution in [0.25, 0.3) is 0 Å². The third kappa shape index (κ3) is 8.12. The summed E-state index contributed by atoms with van der Waals surface area (Å²) in [4.78, 5) is 6.76. The van der Waals surface area contributed by atoms with E-state index in [0.717, 1.165) is 51.1 Å². The van der Waals surface area contributed by atoms with Gasteiger partial charge in [0.15, 0.2) is 5.96 Å². The van der Waals surface area contributed by atoms with Crippen LogP contribution in [0.2, 0.25) is 0 Å². The Morgan fingerprint density at radius 2 is 1.73 bits per heavy atom. The summed E-state index contributed by atoms with van der Waals surface area (Å²) in [6.07, 6.45) is 0. The fourth-order valence-corrected chi connectivity index (χ4v) is 3.26. The van der Waals surface area contributed by atoms with Crippen LogP contribution in [0.3, 0.4) is 0 Å². The van der Waals surface area contributed by atoms with Crippen molar-refractivity contribution < 1.29 is 9.47 Å². The van der Waals surface area contributed by atoms with Crippen LogP contribution in [0.4, 0.5) is 0 Å². The second kappa shape index (κ2) is 13.5. The number of ether oxygens (including phenoxy) is 2. The third-order valence-electron chi connectivity index (χ3n) is 4.97. The Morgan fingerprint density at radius 1 is 1.03 bits per heavy atom. The summed E-state index contributed by atoms with van der Waals surface area (Å²) < 4.78 is 11.2. The van der Waals surface area contributed by atoms with Crippen LogP contribution < -0.4 is 15.4 Å². The molecule has 0 amide bonds. The van der Waals surface area contributed by atoms with Crippen molar-refractivity contribution in [3.8, 4) is 5.75 Å². The molecule has 0 atom stereocenters. The van der Waals surface area contributed by atoms with Gasteiger partial charge in [-0.05, 0) is 30.2 Å². The van der Waals surface area contributed by atoms with Gasteiger partial charge in [-0.25, -0.2) is 0 Å². The third-order valence-corrected chi connectivity index (χ3v) is 4.97. The highest BCUT2D eigenvalue weighted by Gasteiger charge is 2.12. The molecule has 0 aromatic heterocycles. The number of rotatable bonds is 8. The van der Waals surface area contributed by atoms with Crippen molar-refractivity contribution in [3.63, 3.8) is 0 Å². The Hall–Kier alpha value is -1.84. The average Bonchev–Trinajstić information content (AvgIpc) is 2.76. The summed E-state index contributed by atoms with van der Waals surface area (Å²) in [5.41, 5.74) is 3.87. The van der Waals surface area contributed by atoms with Crippen LogP contribution in [0.15, 0.2) is 53.5 Å². The number of nitrogens with zero attached hydrogens (tertiary/aromatic N) is 2. The highest BCUT2D eigenvalue weighted by Crippen LogP contribution is 2.13. The maximum absolute atomic E-state index is 5.76. The van der Waals surface area contributed by atoms with Gasteiger partial charge >= 0.3 is 0 Å². The van der Waals surface area contributed by atoms with Gasteiger partial charge in [-0.2, -0.15) is 0 Å². The molecule has 6 nitrogen and oxygen atoms in total. The molecule has 1 saturated heterocycles. The summed E-state index contributed by atoms with van der Waals surface area (Å²) in [5.74, 6) is 1.66. The van der Waals surface area contributed by atoms with Crippen molar-refractivity contribution in [3.05, 3.63) is 65.2 Å². The molecule has 0 spiro atoms. The number of hydrogen-bond donors (Lipinski definition) is 2. The van der Waals surface area contributed by atoms with E-state index in [2.05, 4.69) is 63.8 Å². The van der Waals surface area contributed by atoms with Gasteiger partial charge in [0, 0.05) is 33.2 Å². The molecule has 0 unspecified atom stereocenters. The molecule has 1 aliphatic heterocycles. The van der Waals surface area contributed by atoms with Gasteiger partial charge in [0.25, 0.3) is 0 Å². The van der Waals surface area contributed by atoms with Gasteiger partial charge in [0.1, 0.15) is 12.4 Å². The van der Waals surface area contributed by atoms with Crippen LogP contribution >= 0.6 is 24.0 Å². The van der Waals surface area contributed by atoms with E-state index in [-0.39, 0.29) is 24.0 Å². The standard InChI is InChI=1S/C23H32N4O2.HI/c1-19-7-9-22(10-8-19)29-14-11-25-23(24-2)26-17-20-5-3-4-6-21(20)18-27-12-15-28-16-13-27;/h3-10H,11-18H2,1-2H3,(H2,24,25,26);1H. The van der Waals surface area contributed by atoms with E-state index in [4.69, 9.17) is 9.47 Å². The molecule has 1 aliphatic rings. The van der Waals surface area contributed by atoms with Crippen molar-refractivity contribution in [2.45, 2.75) is 20.0 Å². The van der Waals surface area contributed by atoms with E-state index in [1.54, 1.807) is 7.05 Å². The van der Waals surface area contributed by atoms with Crippen LogP contribution in [-0.2, 0) is 17.8 Å². The summed E-state index contributed by atoms with van der Waals surface area (Å²) in [7, 11) is 1.79. The minimum absolute atomic E-state index is 0. The zero-order chi connectivity index (χ0) is 20.3. The lowest BCUT2D eigenvalue weighted by molar-refractivity contribution is 0.0341. The van der Waals surface area contributed by atoms with Gasteiger partial charge in [0.2, 0.25) is 0 Å². The monoisotopic (exact) mass is 524 g/mol. The van der Waals surface area contributed by atoms with Gasteiger partial charge in [-0.15, -0.1) is 24.0 Å². The van der Waals surface area contributed by atoms with Crippen molar-refractivity contribution >= 4 is 29.9 Å². The number of nitrogens with one attached hydrogen (secondary N) is 2. The highest BCUT2D eigenvalue weighted by molar-refractivity contribution is 14.0. The Bertz CT molecular complexity index is 777. The molecule has 164 valence electrons. The van der Waals surface area contributed by atoms with Crippen molar-refractivity contribution in [1.29, 1.82) is 0 Å². The predicted octanol–water partition coefficient (Wildman–Crippen LogP) is 3.19. The van der Waals surface area contributed by atoms with Crippen molar-refractivity contribution in [2.75, 3.05) is 46.5 Å². The number of morpholine rings is 1. The Morgan fingerprint density at radius 3 is 2.43 bits per heavy atom. The molecule has 7 heteroatoms. The number of aryl methyl sites for hydroxylation is 1. The molecule has 2 aromatic carbocycles. The number of guanidine groups is 1. The topological polar surface area (TPSA) is 58.1 Å². The maximum Gasteiger partial charge on any atom is 0.191 e. The summed E-state index contributed by atoms with van der Waals surface area (Å²) in [5, 5.41) is 6.72. The molecule has 2 aromatic rings. The molecule has 0 aliphatic carbocycles. The van der Waals surface area contributed by atoms with Crippen LogP contribution in [0.1, 0.15) is 16.7 Å². The van der Waals surface area contributed by atoms with E-state index in [0.29, 0.717) is 13.2 Å². The minimum Gasteiger partial charge on any atom is -0.492 e. The Kier molecular flexibility index (Phi) is 11.0. The Balaban J connectivity index is 0.00000320. The molecule has 1 fully saturated rings. The van der Waals surface area contributed by atoms with Gasteiger partial charge in [-0.1, -0.05) is 42.0 Å². The summed E-state index contributed by atoms with van der Waals surface area (Å²) in [6, 6.07) is 16.7. The van der Waals surface area contributed by atoms with Crippen molar-refractivity contribution in [2.24, 2.45) is 4.99 Å². The molecule has 1 heterocycles. The normalized spacial score (nSPS) is 14.7. The largest absolute Gasteiger partial charge is 0.492 e. The number of aliphatic imine (C=N–C) groups is 1. The van der Waals surface area contributed by atoms with Crippen LogP contribution in [-0.4, -0.2) is 57.4 Å². The van der Waals surface area contributed by atoms with Crippen molar-refractivity contribution in [1.82, 2.24) is 15.5 Å². The maximum atomic E-state index is 5.76. The van der Waals surface area contributed by atoms with Gasteiger partial charge in [0.05, 0.1) is 19.8 Å².